The minimum absolute atomic E-state index is 0.0107. The van der Waals surface area contributed by atoms with Crippen molar-refractivity contribution >= 4 is 44.6 Å². The summed E-state index contributed by atoms with van der Waals surface area (Å²) in [5.41, 5.74) is -4.69. The first-order chi connectivity index (χ1) is 28.1. The molecule has 0 spiro atoms. The molecule has 330 valence electrons. The second kappa shape index (κ2) is 16.6. The zero-order valence-electron chi connectivity index (χ0n) is 33.9. The number of benzene rings is 1. The van der Waals surface area contributed by atoms with E-state index >= 15 is 0 Å². The van der Waals surface area contributed by atoms with E-state index in [9.17, 15) is 50.3 Å². The van der Waals surface area contributed by atoms with Crippen molar-refractivity contribution in [3.05, 3.63) is 42.4 Å². The van der Waals surface area contributed by atoms with Gasteiger partial charge in [0.1, 0.15) is 28.5 Å². The molecule has 7 atom stereocenters. The van der Waals surface area contributed by atoms with Crippen LogP contribution in [0.1, 0.15) is 79.1 Å². The lowest BCUT2D eigenvalue weighted by Gasteiger charge is -2.35. The monoisotopic (exact) mass is 869 g/mol. The maximum atomic E-state index is 14.9. The van der Waals surface area contributed by atoms with Crippen molar-refractivity contribution < 1.29 is 64.5 Å². The molecule has 15 nitrogen and oxygen atoms in total. The molecule has 4 N–H and O–H groups in total. The number of alkyl carbamates (subject to hydrolysis) is 1. The molecule has 2 saturated carbocycles. The van der Waals surface area contributed by atoms with E-state index in [1.807, 2.05) is 13.0 Å². The molecule has 1 saturated heterocycles. The van der Waals surface area contributed by atoms with E-state index in [2.05, 4.69) is 20.3 Å². The first kappa shape index (κ1) is 44.8. The maximum Gasteiger partial charge on any atom is 0.427 e. The Kier molecular flexibility index (Phi) is 12.4. The van der Waals surface area contributed by atoms with E-state index in [1.54, 1.807) is 19.1 Å². The predicted molar refractivity (Wildman–Crippen MR) is 207 cm³/mol. The summed E-state index contributed by atoms with van der Waals surface area (Å²) >= 11 is 0. The number of nitrogens with zero attached hydrogens (tertiary/aromatic N) is 2. The van der Waals surface area contributed by atoms with Gasteiger partial charge in [0.25, 0.3) is 5.91 Å². The van der Waals surface area contributed by atoms with Gasteiger partial charge in [-0.1, -0.05) is 32.4 Å². The average molecular weight is 870 g/mol. The molecule has 2 aliphatic heterocycles. The lowest BCUT2D eigenvalue weighted by atomic mass is 9.85. The lowest BCUT2D eigenvalue weighted by molar-refractivity contribution is -0.244. The van der Waals surface area contributed by atoms with Gasteiger partial charge in [0, 0.05) is 23.9 Å². The topological polar surface area (TPSA) is 203 Å². The van der Waals surface area contributed by atoms with Crippen molar-refractivity contribution in [3.63, 3.8) is 0 Å². The second-order valence-corrected chi connectivity index (χ2v) is 19.0. The van der Waals surface area contributed by atoms with Crippen LogP contribution in [0.25, 0.3) is 10.8 Å². The minimum Gasteiger partial charge on any atom is -0.494 e. The summed E-state index contributed by atoms with van der Waals surface area (Å²) in [5.74, 6) is -4.92. The second-order valence-electron chi connectivity index (χ2n) is 16.9. The molecule has 2 aromatic rings. The van der Waals surface area contributed by atoms with E-state index < -0.39 is 98.3 Å². The summed E-state index contributed by atoms with van der Waals surface area (Å²) in [5, 5.41) is 15.7. The fourth-order valence-corrected chi connectivity index (χ4v) is 9.46. The number of pyridine rings is 1. The van der Waals surface area contributed by atoms with Gasteiger partial charge in [0.2, 0.25) is 33.3 Å². The number of sulfonamides is 1. The van der Waals surface area contributed by atoms with Crippen molar-refractivity contribution in [2.75, 3.05) is 20.3 Å². The summed E-state index contributed by atoms with van der Waals surface area (Å²) in [6.45, 7) is 3.97. The number of ether oxygens (including phenoxy) is 3. The van der Waals surface area contributed by atoms with Gasteiger partial charge in [0.05, 0.1) is 20.3 Å². The number of allylic oxidation sites excluding steroid dienone is 1. The van der Waals surface area contributed by atoms with Crippen molar-refractivity contribution in [1.29, 1.82) is 0 Å². The highest BCUT2D eigenvalue weighted by atomic mass is 32.2. The van der Waals surface area contributed by atoms with Crippen LogP contribution in [0.5, 0.6) is 11.6 Å². The Labute approximate surface area is 345 Å². The largest absolute Gasteiger partial charge is 0.494 e. The zero-order valence-corrected chi connectivity index (χ0v) is 34.8. The molecule has 60 heavy (non-hydrogen) atoms. The van der Waals surface area contributed by atoms with Gasteiger partial charge in [0.15, 0.2) is 11.6 Å². The third-order valence-electron chi connectivity index (χ3n) is 12.3. The Morgan fingerprint density at radius 1 is 1.15 bits per heavy atom. The smallest absolute Gasteiger partial charge is 0.427 e. The van der Waals surface area contributed by atoms with Gasteiger partial charge in [-0.3, -0.25) is 19.1 Å². The third kappa shape index (κ3) is 8.85. The van der Waals surface area contributed by atoms with E-state index in [-0.39, 0.29) is 61.6 Å². The number of carbonyl (C=O) groups excluding carboxylic acids is 4. The number of fused-ring (bicyclic) bond motifs is 3. The summed E-state index contributed by atoms with van der Waals surface area (Å²) < 4.78 is 99.5. The molecule has 20 heteroatoms. The van der Waals surface area contributed by atoms with Crippen LogP contribution in [0.2, 0.25) is 0 Å². The number of aliphatic hydroxyl groups is 1. The molecular weight excluding hydrogens is 819 g/mol. The number of rotatable bonds is 10. The number of hydrogen-bond donors (Lipinski definition) is 4. The van der Waals surface area contributed by atoms with Gasteiger partial charge < -0.3 is 34.9 Å². The summed E-state index contributed by atoms with van der Waals surface area (Å²) in [6.07, 6.45) is -0.806. The predicted octanol–water partition coefficient (Wildman–Crippen LogP) is 4.41. The van der Waals surface area contributed by atoms with Gasteiger partial charge in [-0.25, -0.2) is 22.6 Å². The highest BCUT2D eigenvalue weighted by Gasteiger charge is 2.64. The summed E-state index contributed by atoms with van der Waals surface area (Å²) in [6, 6.07) is 1.26. The van der Waals surface area contributed by atoms with E-state index in [4.69, 9.17) is 14.2 Å². The number of alkyl halides is 3. The molecule has 4 aliphatic rings. The average Bonchev–Trinajstić information content (AvgIpc) is 4.08. The zero-order chi connectivity index (χ0) is 44.0. The first-order valence-electron chi connectivity index (χ1n) is 19.9. The van der Waals surface area contributed by atoms with Crippen LogP contribution in [0.4, 0.5) is 22.4 Å². The molecule has 6 rings (SSSR count). The Morgan fingerprint density at radius 3 is 2.50 bits per heavy atom. The quantitative estimate of drug-likeness (QED) is 0.195. The Morgan fingerprint density at radius 2 is 1.87 bits per heavy atom. The number of hydrogen-bond acceptors (Lipinski definition) is 11. The standard InChI is InChI=1S/C40H51F4N5O10S/c1-6-23-15-22(2)9-7-8-10-25-19-39(25,35(53)48-60(55,56)38(21-50)12-13-38)47-32(51)29-17-26(58-33-27-18-28(41)30(57-5)16-24(27)11-14-45-33)20-49(29)34(52)31(23)46-36(54)59-37(3,4)40(42,43)44/h8,10-11,14,16,18,22-23,25-26,29,31,50H,6-7,9,12-13,15,17,19-21H2,1-5H3,(H,46,54)(H,47,51)(H,48,53)/b10-8-/t22-,23-,25-,26-,29+,31+,39-/m1/s1. The minimum atomic E-state index is -4.95. The van der Waals surface area contributed by atoms with Crippen molar-refractivity contribution in [1.82, 2.24) is 25.2 Å². The van der Waals surface area contributed by atoms with Crippen LogP contribution in [0.15, 0.2) is 36.5 Å². The molecule has 2 aliphatic carbocycles. The number of aliphatic hydroxyl groups excluding tert-OH is 1. The number of aromatic nitrogens is 1. The molecule has 0 unspecified atom stereocenters. The van der Waals surface area contributed by atoms with E-state index in [0.717, 1.165) is 11.0 Å². The van der Waals surface area contributed by atoms with E-state index in [0.29, 0.717) is 38.5 Å². The van der Waals surface area contributed by atoms with Crippen molar-refractivity contribution in [3.8, 4) is 11.6 Å². The molecule has 0 bridgehead atoms. The summed E-state index contributed by atoms with van der Waals surface area (Å²) in [7, 11) is -3.06. The van der Waals surface area contributed by atoms with Crippen LogP contribution in [-0.4, -0.2) is 108 Å². The maximum absolute atomic E-state index is 14.9. The third-order valence-corrected chi connectivity index (χ3v) is 14.4. The lowest BCUT2D eigenvalue weighted by Crippen LogP contribution is -2.60. The van der Waals surface area contributed by atoms with Gasteiger partial charge in [-0.15, -0.1) is 0 Å². The SMILES string of the molecule is CC[C@@H]1C[C@H](C)CC/C=C\[C@@H]2C[C@@]2(C(=O)NS(=O)(=O)C2(CO)CC2)NC(=O)[C@@H]2C[C@@H](Oc3nccc4cc(OC)c(F)cc34)CN2C(=O)[C@H]1NC(=O)OC(C)(C)C(F)(F)F. The van der Waals surface area contributed by atoms with Crippen molar-refractivity contribution in [2.24, 2.45) is 17.8 Å². The molecule has 0 radical (unpaired) electrons. The highest BCUT2D eigenvalue weighted by molar-refractivity contribution is 7.91. The molecular formula is C40H51F4N5O10S. The van der Waals surface area contributed by atoms with Crippen LogP contribution >= 0.6 is 0 Å². The van der Waals surface area contributed by atoms with Crippen LogP contribution in [0, 0.1) is 23.6 Å². The van der Waals surface area contributed by atoms with Gasteiger partial charge in [-0.05, 0) is 87.8 Å². The van der Waals surface area contributed by atoms with Crippen LogP contribution in [-0.2, 0) is 29.1 Å². The normalized spacial score (nSPS) is 28.9. The fraction of sp³-hybridized carbons (Fsp3) is 0.625. The Hall–Kier alpha value is -4.72. The molecule has 3 heterocycles. The number of amides is 4. The Balaban J connectivity index is 1.38. The molecule has 1 aromatic heterocycles. The van der Waals surface area contributed by atoms with Crippen LogP contribution in [0.3, 0.4) is 0 Å². The summed E-state index contributed by atoms with van der Waals surface area (Å²) in [4.78, 5) is 62.0. The van der Waals surface area contributed by atoms with Crippen LogP contribution < -0.4 is 24.8 Å². The number of nitrogens with one attached hydrogen (secondary N) is 3. The number of methoxy groups -OCH3 is 1. The number of carbonyl (C=O) groups is 4. The van der Waals surface area contributed by atoms with Gasteiger partial charge >= 0.3 is 12.3 Å². The van der Waals surface area contributed by atoms with Gasteiger partial charge in [-0.2, -0.15) is 13.2 Å². The first-order valence-corrected chi connectivity index (χ1v) is 21.4. The number of halogens is 4. The Bertz CT molecular complexity index is 2150. The molecule has 1 aromatic carbocycles. The fourth-order valence-electron chi connectivity index (χ4n) is 8.01. The van der Waals surface area contributed by atoms with Crippen molar-refractivity contribution in [2.45, 2.75) is 119 Å². The molecule has 4 amide bonds. The highest BCUT2D eigenvalue weighted by Crippen LogP contribution is 2.48. The molecule has 3 fully saturated rings. The van der Waals surface area contributed by atoms with E-state index in [1.165, 1.54) is 19.4 Å².